The monoisotopic (exact) mass is 305 g/mol. The smallest absolute Gasteiger partial charge is 0.227 e. The average molecular weight is 305 g/mol. The van der Waals surface area contributed by atoms with Gasteiger partial charge >= 0.3 is 0 Å². The normalized spacial score (nSPS) is 18.8. The Hall–Kier alpha value is -1.92. The Bertz CT molecular complexity index is 564. The molecule has 6 heteroatoms. The van der Waals surface area contributed by atoms with Gasteiger partial charge in [0.15, 0.2) is 0 Å². The van der Waals surface area contributed by atoms with Gasteiger partial charge in [-0.3, -0.25) is 4.79 Å². The SMILES string of the molecule is CC(C)(C)NC/C(COC1CC(=O)Nc2ccccc21)=N\O. The van der Waals surface area contributed by atoms with Crippen LogP contribution < -0.4 is 10.6 Å². The van der Waals surface area contributed by atoms with Crippen molar-refractivity contribution in [1.82, 2.24) is 5.32 Å². The summed E-state index contributed by atoms with van der Waals surface area (Å²) in [7, 11) is 0. The molecule has 22 heavy (non-hydrogen) atoms. The Morgan fingerprint density at radius 1 is 1.45 bits per heavy atom. The quantitative estimate of drug-likeness (QED) is 0.443. The van der Waals surface area contributed by atoms with Crippen LogP contribution in [0.4, 0.5) is 5.69 Å². The highest BCUT2D eigenvalue weighted by Gasteiger charge is 2.25. The molecule has 3 N–H and O–H groups in total. The summed E-state index contributed by atoms with van der Waals surface area (Å²) in [6, 6.07) is 7.57. The molecule has 1 amide bonds. The van der Waals surface area contributed by atoms with Crippen LogP contribution in [0.2, 0.25) is 0 Å². The van der Waals surface area contributed by atoms with Gasteiger partial charge < -0.3 is 20.6 Å². The van der Waals surface area contributed by atoms with Crippen LogP contribution >= 0.6 is 0 Å². The van der Waals surface area contributed by atoms with E-state index in [1.54, 1.807) is 0 Å². The van der Waals surface area contributed by atoms with E-state index in [1.807, 2.05) is 45.0 Å². The number of carbonyl (C=O) groups excluding carboxylic acids is 1. The molecule has 0 bridgehead atoms. The second-order valence-electron chi connectivity index (χ2n) is 6.41. The lowest BCUT2D eigenvalue weighted by Crippen LogP contribution is -2.40. The maximum absolute atomic E-state index is 11.7. The van der Waals surface area contributed by atoms with Crippen LogP contribution in [-0.2, 0) is 9.53 Å². The molecule has 0 radical (unpaired) electrons. The van der Waals surface area contributed by atoms with Crippen LogP contribution in [0.5, 0.6) is 0 Å². The number of nitrogens with one attached hydrogen (secondary N) is 2. The molecular weight excluding hydrogens is 282 g/mol. The highest BCUT2D eigenvalue weighted by atomic mass is 16.5. The molecule has 1 unspecified atom stereocenters. The Morgan fingerprint density at radius 2 is 2.18 bits per heavy atom. The molecule has 1 heterocycles. The van der Waals surface area contributed by atoms with Crippen LogP contribution in [0.3, 0.4) is 0 Å². The molecule has 0 aliphatic carbocycles. The molecule has 120 valence electrons. The van der Waals surface area contributed by atoms with Crippen LogP contribution in [0.1, 0.15) is 38.9 Å². The van der Waals surface area contributed by atoms with E-state index in [1.165, 1.54) is 0 Å². The van der Waals surface area contributed by atoms with E-state index in [4.69, 9.17) is 9.94 Å². The van der Waals surface area contributed by atoms with E-state index in [0.717, 1.165) is 11.3 Å². The van der Waals surface area contributed by atoms with Gasteiger partial charge in [0, 0.05) is 23.3 Å². The summed E-state index contributed by atoms with van der Waals surface area (Å²) in [5, 5.41) is 18.4. The number of nitrogens with zero attached hydrogens (tertiary/aromatic N) is 1. The van der Waals surface area contributed by atoms with Crippen molar-refractivity contribution in [2.75, 3.05) is 18.5 Å². The first-order valence-electron chi connectivity index (χ1n) is 7.34. The van der Waals surface area contributed by atoms with E-state index in [0.29, 0.717) is 12.3 Å². The summed E-state index contributed by atoms with van der Waals surface area (Å²) in [5.74, 6) is -0.0704. The van der Waals surface area contributed by atoms with Crippen molar-refractivity contribution in [3.63, 3.8) is 0 Å². The van der Waals surface area contributed by atoms with Crippen molar-refractivity contribution < 1.29 is 14.7 Å². The predicted molar refractivity (Wildman–Crippen MR) is 85.4 cm³/mol. The Morgan fingerprint density at radius 3 is 2.86 bits per heavy atom. The van der Waals surface area contributed by atoms with Crippen LogP contribution in [0, 0.1) is 0 Å². The molecule has 0 saturated heterocycles. The molecule has 0 aromatic heterocycles. The lowest BCUT2D eigenvalue weighted by Gasteiger charge is -2.26. The maximum Gasteiger partial charge on any atom is 0.227 e. The van der Waals surface area contributed by atoms with E-state index in [9.17, 15) is 4.79 Å². The lowest BCUT2D eigenvalue weighted by atomic mass is 10.00. The zero-order chi connectivity index (χ0) is 16.2. The Labute approximate surface area is 130 Å². The van der Waals surface area contributed by atoms with Crippen molar-refractivity contribution in [1.29, 1.82) is 0 Å². The Kier molecular flexibility index (Phi) is 5.15. The third kappa shape index (κ3) is 4.54. The topological polar surface area (TPSA) is 83.0 Å². The molecule has 1 aliphatic rings. The van der Waals surface area contributed by atoms with Gasteiger partial charge in [-0.25, -0.2) is 0 Å². The highest BCUT2D eigenvalue weighted by molar-refractivity contribution is 5.94. The first kappa shape index (κ1) is 16.5. The van der Waals surface area contributed by atoms with Gasteiger partial charge in [-0.05, 0) is 26.8 Å². The van der Waals surface area contributed by atoms with Gasteiger partial charge in [-0.1, -0.05) is 23.4 Å². The molecule has 0 fully saturated rings. The van der Waals surface area contributed by atoms with Gasteiger partial charge in [0.1, 0.15) is 0 Å². The predicted octanol–water partition coefficient (Wildman–Crippen LogP) is 2.30. The van der Waals surface area contributed by atoms with Crippen LogP contribution in [0.25, 0.3) is 0 Å². The van der Waals surface area contributed by atoms with Gasteiger partial charge in [0.05, 0.1) is 24.8 Å². The largest absolute Gasteiger partial charge is 0.411 e. The molecule has 6 nitrogen and oxygen atoms in total. The summed E-state index contributed by atoms with van der Waals surface area (Å²) in [6.07, 6.45) is -0.0565. The number of anilines is 1. The number of oxime groups is 1. The standard InChI is InChI=1S/C16H23N3O3/c1-16(2,3)17-9-11(19-21)10-22-14-8-15(20)18-13-7-5-4-6-12(13)14/h4-7,14,17,21H,8-10H2,1-3H3,(H,18,20)/b19-11+. The number of para-hydroxylation sites is 1. The molecule has 1 aromatic rings. The molecule has 1 aromatic carbocycles. The fourth-order valence-corrected chi connectivity index (χ4v) is 2.20. The fraction of sp³-hybridized carbons (Fsp3) is 0.500. The molecule has 0 saturated carbocycles. The van der Waals surface area contributed by atoms with E-state index in [-0.39, 0.29) is 30.6 Å². The van der Waals surface area contributed by atoms with Crippen LogP contribution in [-0.4, -0.2) is 35.5 Å². The van der Waals surface area contributed by atoms with E-state index >= 15 is 0 Å². The molecule has 0 spiro atoms. The van der Waals surface area contributed by atoms with Crippen molar-refractivity contribution in [2.24, 2.45) is 5.16 Å². The summed E-state index contributed by atoms with van der Waals surface area (Å²) in [5.41, 5.74) is 2.15. The maximum atomic E-state index is 11.7. The number of hydrogen-bond donors (Lipinski definition) is 3. The number of rotatable bonds is 5. The molecule has 1 aliphatic heterocycles. The van der Waals surface area contributed by atoms with E-state index in [2.05, 4.69) is 15.8 Å². The third-order valence-corrected chi connectivity index (χ3v) is 3.37. The number of amides is 1. The summed E-state index contributed by atoms with van der Waals surface area (Å²) < 4.78 is 5.81. The van der Waals surface area contributed by atoms with E-state index < -0.39 is 0 Å². The van der Waals surface area contributed by atoms with Crippen molar-refractivity contribution >= 4 is 17.3 Å². The molecule has 2 rings (SSSR count). The summed E-state index contributed by atoms with van der Waals surface area (Å²) >= 11 is 0. The number of benzene rings is 1. The minimum Gasteiger partial charge on any atom is -0.411 e. The second kappa shape index (κ2) is 6.89. The summed E-state index contributed by atoms with van der Waals surface area (Å²) in [6.45, 7) is 6.70. The zero-order valence-corrected chi connectivity index (χ0v) is 13.2. The number of hydrogen-bond acceptors (Lipinski definition) is 5. The number of fused-ring (bicyclic) bond motifs is 1. The third-order valence-electron chi connectivity index (χ3n) is 3.37. The van der Waals surface area contributed by atoms with Gasteiger partial charge in [-0.15, -0.1) is 0 Å². The molecular formula is C16H23N3O3. The average Bonchev–Trinajstić information content (AvgIpc) is 2.46. The lowest BCUT2D eigenvalue weighted by molar-refractivity contribution is -0.119. The summed E-state index contributed by atoms with van der Waals surface area (Å²) in [4.78, 5) is 11.7. The van der Waals surface area contributed by atoms with Crippen molar-refractivity contribution in [3.05, 3.63) is 29.8 Å². The van der Waals surface area contributed by atoms with Gasteiger partial charge in [0.2, 0.25) is 5.91 Å². The number of ether oxygens (including phenoxy) is 1. The minimum absolute atomic E-state index is 0.0704. The first-order chi connectivity index (χ1) is 10.4. The zero-order valence-electron chi connectivity index (χ0n) is 13.2. The first-order valence-corrected chi connectivity index (χ1v) is 7.34. The van der Waals surface area contributed by atoms with Gasteiger partial charge in [-0.2, -0.15) is 0 Å². The van der Waals surface area contributed by atoms with Gasteiger partial charge in [0.25, 0.3) is 0 Å². The second-order valence-corrected chi connectivity index (χ2v) is 6.41. The highest BCUT2D eigenvalue weighted by Crippen LogP contribution is 2.32. The van der Waals surface area contributed by atoms with Crippen molar-refractivity contribution in [2.45, 2.75) is 38.8 Å². The molecule has 1 atom stereocenters. The Balaban J connectivity index is 1.97. The minimum atomic E-state index is -0.323. The fourth-order valence-electron chi connectivity index (χ4n) is 2.20. The van der Waals surface area contributed by atoms with Crippen molar-refractivity contribution in [3.8, 4) is 0 Å². The van der Waals surface area contributed by atoms with Crippen LogP contribution in [0.15, 0.2) is 29.4 Å². The number of carbonyl (C=O) groups is 1.